The molecule has 0 aliphatic carbocycles. The largest absolute Gasteiger partial charge is 0.504 e. The van der Waals surface area contributed by atoms with Crippen LogP contribution in [0, 0.1) is 0 Å². The van der Waals surface area contributed by atoms with Crippen LogP contribution in [-0.2, 0) is 9.53 Å². The van der Waals surface area contributed by atoms with Crippen molar-refractivity contribution in [2.45, 2.75) is 20.1 Å². The van der Waals surface area contributed by atoms with Crippen LogP contribution in [0.5, 0.6) is 11.5 Å². The standard InChI is InChI=1S/C12H14O4/c1-8(2)12(14)16-9(3)15-11-7-5-4-6-10(11)13/h4-7,9,13H,1H2,2-3H3. The molecule has 0 aliphatic rings. The molecule has 16 heavy (non-hydrogen) atoms. The molecule has 1 atom stereocenters. The minimum Gasteiger partial charge on any atom is -0.504 e. The summed E-state index contributed by atoms with van der Waals surface area (Å²) in [7, 11) is 0. The molecule has 0 spiro atoms. The first-order chi connectivity index (χ1) is 7.50. The van der Waals surface area contributed by atoms with Crippen molar-refractivity contribution < 1.29 is 19.4 Å². The van der Waals surface area contributed by atoms with Crippen molar-refractivity contribution >= 4 is 5.97 Å². The Morgan fingerprint density at radius 1 is 1.44 bits per heavy atom. The number of hydrogen-bond donors (Lipinski definition) is 1. The van der Waals surface area contributed by atoms with Crippen molar-refractivity contribution in [3.63, 3.8) is 0 Å². The van der Waals surface area contributed by atoms with Crippen LogP contribution >= 0.6 is 0 Å². The second kappa shape index (κ2) is 5.21. The molecule has 0 radical (unpaired) electrons. The minimum atomic E-state index is -0.780. The third-order valence-electron chi connectivity index (χ3n) is 1.78. The van der Waals surface area contributed by atoms with E-state index < -0.39 is 12.3 Å². The Morgan fingerprint density at radius 2 is 2.06 bits per heavy atom. The third-order valence-corrected chi connectivity index (χ3v) is 1.78. The summed E-state index contributed by atoms with van der Waals surface area (Å²) in [4.78, 5) is 11.2. The van der Waals surface area contributed by atoms with E-state index in [1.165, 1.54) is 6.07 Å². The molecule has 1 aromatic carbocycles. The summed E-state index contributed by atoms with van der Waals surface area (Å²) < 4.78 is 10.1. The Labute approximate surface area is 94.1 Å². The molecular weight excluding hydrogens is 208 g/mol. The van der Waals surface area contributed by atoms with E-state index in [0.717, 1.165) is 0 Å². The molecule has 0 aliphatic heterocycles. The Hall–Kier alpha value is -1.97. The van der Waals surface area contributed by atoms with Gasteiger partial charge in [0.15, 0.2) is 11.5 Å². The predicted octanol–water partition coefficient (Wildman–Crippen LogP) is 2.24. The van der Waals surface area contributed by atoms with Gasteiger partial charge in [0, 0.05) is 12.5 Å². The van der Waals surface area contributed by atoms with E-state index >= 15 is 0 Å². The summed E-state index contributed by atoms with van der Waals surface area (Å²) in [5.74, 6) is -0.256. The van der Waals surface area contributed by atoms with Gasteiger partial charge in [0.05, 0.1) is 0 Å². The Morgan fingerprint density at radius 3 is 2.62 bits per heavy atom. The highest BCUT2D eigenvalue weighted by atomic mass is 16.7. The first-order valence-corrected chi connectivity index (χ1v) is 4.82. The van der Waals surface area contributed by atoms with Gasteiger partial charge in [-0.1, -0.05) is 18.7 Å². The molecule has 1 unspecified atom stereocenters. The number of benzene rings is 1. The molecule has 4 heteroatoms. The summed E-state index contributed by atoms with van der Waals surface area (Å²) in [6.45, 7) is 6.57. The van der Waals surface area contributed by atoms with E-state index in [0.29, 0.717) is 5.57 Å². The highest BCUT2D eigenvalue weighted by Crippen LogP contribution is 2.25. The topological polar surface area (TPSA) is 55.8 Å². The second-order valence-corrected chi connectivity index (χ2v) is 3.34. The molecule has 0 heterocycles. The van der Waals surface area contributed by atoms with Crippen molar-refractivity contribution in [1.82, 2.24) is 0 Å². The van der Waals surface area contributed by atoms with Gasteiger partial charge in [-0.3, -0.25) is 0 Å². The number of hydrogen-bond acceptors (Lipinski definition) is 4. The lowest BCUT2D eigenvalue weighted by Crippen LogP contribution is -2.21. The molecular formula is C12H14O4. The fourth-order valence-electron chi connectivity index (χ4n) is 1.01. The van der Waals surface area contributed by atoms with Crippen molar-refractivity contribution in [2.24, 2.45) is 0 Å². The lowest BCUT2D eigenvalue weighted by molar-refractivity contribution is -0.156. The molecule has 0 fully saturated rings. The van der Waals surface area contributed by atoms with Gasteiger partial charge in [0.25, 0.3) is 0 Å². The van der Waals surface area contributed by atoms with Crippen molar-refractivity contribution in [1.29, 1.82) is 0 Å². The van der Waals surface area contributed by atoms with Crippen LogP contribution in [0.25, 0.3) is 0 Å². The average Bonchev–Trinajstić information content (AvgIpc) is 2.21. The average molecular weight is 222 g/mol. The van der Waals surface area contributed by atoms with Crippen molar-refractivity contribution in [2.75, 3.05) is 0 Å². The first kappa shape index (κ1) is 12.1. The van der Waals surface area contributed by atoms with Gasteiger partial charge in [0.2, 0.25) is 6.29 Å². The predicted molar refractivity (Wildman–Crippen MR) is 59.1 cm³/mol. The number of carbonyl (C=O) groups is 1. The lowest BCUT2D eigenvalue weighted by Gasteiger charge is -2.15. The number of ether oxygens (including phenoxy) is 2. The number of aromatic hydroxyl groups is 1. The van der Waals surface area contributed by atoms with Crippen LogP contribution in [0.2, 0.25) is 0 Å². The van der Waals surface area contributed by atoms with Crippen molar-refractivity contribution in [3.05, 3.63) is 36.4 Å². The molecule has 0 amide bonds. The van der Waals surface area contributed by atoms with E-state index in [9.17, 15) is 9.90 Å². The normalized spacial score (nSPS) is 11.6. The van der Waals surface area contributed by atoms with Crippen LogP contribution < -0.4 is 4.74 Å². The SMILES string of the molecule is C=C(C)C(=O)OC(C)Oc1ccccc1O. The van der Waals surface area contributed by atoms with Crippen LogP contribution in [0.3, 0.4) is 0 Å². The van der Waals surface area contributed by atoms with Gasteiger partial charge in [-0.05, 0) is 19.1 Å². The molecule has 1 aromatic rings. The monoisotopic (exact) mass is 222 g/mol. The van der Waals surface area contributed by atoms with Crippen LogP contribution in [0.4, 0.5) is 0 Å². The summed E-state index contributed by atoms with van der Waals surface area (Å²) in [5, 5.41) is 9.42. The number of phenols is 1. The molecule has 1 N–H and O–H groups in total. The molecule has 1 rings (SSSR count). The van der Waals surface area contributed by atoms with Gasteiger partial charge in [-0.2, -0.15) is 0 Å². The zero-order valence-electron chi connectivity index (χ0n) is 9.27. The molecule has 0 saturated heterocycles. The van der Waals surface area contributed by atoms with Gasteiger partial charge in [-0.25, -0.2) is 4.79 Å². The number of phenolic OH excluding ortho intramolecular Hbond substituents is 1. The van der Waals surface area contributed by atoms with E-state index in [-0.39, 0.29) is 11.5 Å². The highest BCUT2D eigenvalue weighted by Gasteiger charge is 2.12. The molecule has 0 aromatic heterocycles. The molecule has 4 nitrogen and oxygen atoms in total. The number of para-hydroxylation sites is 2. The van der Waals surface area contributed by atoms with Gasteiger partial charge in [-0.15, -0.1) is 0 Å². The zero-order chi connectivity index (χ0) is 12.1. The van der Waals surface area contributed by atoms with E-state index in [4.69, 9.17) is 9.47 Å². The van der Waals surface area contributed by atoms with E-state index in [2.05, 4.69) is 6.58 Å². The second-order valence-electron chi connectivity index (χ2n) is 3.34. The maximum absolute atomic E-state index is 11.2. The Kier molecular flexibility index (Phi) is 3.94. The Bertz CT molecular complexity index is 398. The van der Waals surface area contributed by atoms with Crippen LogP contribution in [0.15, 0.2) is 36.4 Å². The zero-order valence-corrected chi connectivity index (χ0v) is 9.27. The van der Waals surface area contributed by atoms with Crippen molar-refractivity contribution in [3.8, 4) is 11.5 Å². The van der Waals surface area contributed by atoms with E-state index in [1.54, 1.807) is 32.0 Å². The third kappa shape index (κ3) is 3.31. The minimum absolute atomic E-state index is 0.000670. The quantitative estimate of drug-likeness (QED) is 0.482. The number of rotatable bonds is 4. The summed E-state index contributed by atoms with van der Waals surface area (Å²) in [6.07, 6.45) is -0.780. The van der Waals surface area contributed by atoms with E-state index in [1.807, 2.05) is 0 Å². The van der Waals surface area contributed by atoms with Gasteiger partial charge in [0.1, 0.15) is 0 Å². The highest BCUT2D eigenvalue weighted by molar-refractivity contribution is 5.87. The molecule has 86 valence electrons. The molecule has 0 saturated carbocycles. The summed E-state index contributed by atoms with van der Waals surface area (Å²) in [5.41, 5.74) is 0.299. The van der Waals surface area contributed by atoms with Crippen LogP contribution in [0.1, 0.15) is 13.8 Å². The number of carbonyl (C=O) groups excluding carboxylic acids is 1. The maximum Gasteiger partial charge on any atom is 0.336 e. The van der Waals surface area contributed by atoms with Crippen LogP contribution in [-0.4, -0.2) is 17.4 Å². The lowest BCUT2D eigenvalue weighted by atomic mass is 10.3. The first-order valence-electron chi connectivity index (χ1n) is 4.82. The number of esters is 1. The fraction of sp³-hybridized carbons (Fsp3) is 0.250. The molecule has 0 bridgehead atoms. The van der Waals surface area contributed by atoms with Gasteiger partial charge >= 0.3 is 5.97 Å². The Balaban J connectivity index is 2.58. The smallest absolute Gasteiger partial charge is 0.336 e. The summed E-state index contributed by atoms with van der Waals surface area (Å²) in [6, 6.07) is 6.46. The van der Waals surface area contributed by atoms with Gasteiger partial charge < -0.3 is 14.6 Å². The fourth-order valence-corrected chi connectivity index (χ4v) is 1.01. The summed E-state index contributed by atoms with van der Waals surface area (Å²) >= 11 is 0. The maximum atomic E-state index is 11.2.